The van der Waals surface area contributed by atoms with Crippen LogP contribution in [0.1, 0.15) is 5.56 Å². The number of urea groups is 1. The van der Waals surface area contributed by atoms with E-state index in [-0.39, 0.29) is 42.0 Å². The molecule has 0 atom stereocenters. The molecule has 0 bridgehead atoms. The first-order chi connectivity index (χ1) is 17.0. The molecule has 1 saturated heterocycles. The van der Waals surface area contributed by atoms with Crippen molar-refractivity contribution in [2.75, 3.05) is 4.90 Å². The van der Waals surface area contributed by atoms with Gasteiger partial charge in [0.25, 0.3) is 11.8 Å². The van der Waals surface area contributed by atoms with Crippen LogP contribution in [-0.2, 0) is 19.7 Å². The van der Waals surface area contributed by atoms with Crippen LogP contribution in [0.25, 0.3) is 6.08 Å². The average Bonchev–Trinajstić information content (AvgIpc) is 2.81. The van der Waals surface area contributed by atoms with Gasteiger partial charge in [-0.2, -0.15) is 8.42 Å². The summed E-state index contributed by atoms with van der Waals surface area (Å²) in [6, 6.07) is 12.7. The fraction of sp³-hybridized carbons (Fsp3) is 0. The summed E-state index contributed by atoms with van der Waals surface area (Å²) in [5, 5.41) is 2.17. The molecule has 36 heavy (non-hydrogen) atoms. The molecular formula is C23H12Cl4N2O6S. The first kappa shape index (κ1) is 26.0. The molecule has 3 aromatic carbocycles. The zero-order valence-electron chi connectivity index (χ0n) is 17.7. The molecule has 0 spiro atoms. The predicted octanol–water partition coefficient (Wildman–Crippen LogP) is 5.73. The van der Waals surface area contributed by atoms with Crippen LogP contribution in [0.4, 0.5) is 10.5 Å². The first-order valence-corrected chi connectivity index (χ1v) is 12.7. The summed E-state index contributed by atoms with van der Waals surface area (Å²) < 4.78 is 30.8. The SMILES string of the molecule is O=C1NC(=O)N(c2ccc(Cl)c(Cl)c2)C(=O)/C1=C/c1cc(Cl)cc(Cl)c1OS(=O)(=O)c1ccccc1. The second-order valence-electron chi connectivity index (χ2n) is 7.21. The van der Waals surface area contributed by atoms with Crippen LogP contribution in [-0.4, -0.2) is 26.3 Å². The molecule has 0 aromatic heterocycles. The van der Waals surface area contributed by atoms with E-state index in [1.165, 1.54) is 54.6 Å². The summed E-state index contributed by atoms with van der Waals surface area (Å²) in [5.74, 6) is -2.43. The highest BCUT2D eigenvalue weighted by atomic mass is 35.5. The van der Waals surface area contributed by atoms with Gasteiger partial charge in [0.2, 0.25) is 0 Å². The van der Waals surface area contributed by atoms with E-state index in [9.17, 15) is 22.8 Å². The smallest absolute Gasteiger partial charge is 0.339 e. The van der Waals surface area contributed by atoms with E-state index < -0.39 is 33.5 Å². The second kappa shape index (κ2) is 10.1. The highest BCUT2D eigenvalue weighted by Gasteiger charge is 2.37. The van der Waals surface area contributed by atoms with Crippen LogP contribution in [0, 0.1) is 0 Å². The molecule has 8 nitrogen and oxygen atoms in total. The summed E-state index contributed by atoms with van der Waals surface area (Å²) in [6.07, 6.45) is 1.02. The van der Waals surface area contributed by atoms with Crippen LogP contribution in [0.5, 0.6) is 5.75 Å². The summed E-state index contributed by atoms with van der Waals surface area (Å²) in [5.41, 5.74) is -0.590. The Hall–Kier alpha value is -3.08. The Labute approximate surface area is 225 Å². The number of imide groups is 2. The average molecular weight is 586 g/mol. The predicted molar refractivity (Wildman–Crippen MR) is 136 cm³/mol. The fourth-order valence-corrected chi connectivity index (χ4v) is 5.07. The standard InChI is InChI=1S/C23H12Cl4N2O6S/c24-13-8-12(20(19(27)10-13)35-36(33,34)15-4-2-1-3-5-15)9-16-21(30)28-23(32)29(22(16)31)14-6-7-17(25)18(26)11-14/h1-11H,(H,28,30,32)/b16-9+. The third kappa shape index (κ3) is 5.21. The molecule has 1 aliphatic heterocycles. The number of carbonyl (C=O) groups excluding carboxylic acids is 3. The number of benzene rings is 3. The van der Waals surface area contributed by atoms with Gasteiger partial charge in [0, 0.05) is 10.6 Å². The van der Waals surface area contributed by atoms with Crippen molar-refractivity contribution in [1.29, 1.82) is 0 Å². The zero-order valence-corrected chi connectivity index (χ0v) is 21.5. The Bertz CT molecular complexity index is 1560. The number of carbonyl (C=O) groups is 3. The van der Waals surface area contributed by atoms with Crippen molar-refractivity contribution in [3.8, 4) is 5.75 Å². The third-order valence-corrected chi connectivity index (χ3v) is 7.30. The van der Waals surface area contributed by atoms with Crippen molar-refractivity contribution in [2.24, 2.45) is 0 Å². The summed E-state index contributed by atoms with van der Waals surface area (Å²) in [7, 11) is -4.34. The molecule has 4 rings (SSSR count). The van der Waals surface area contributed by atoms with Crippen LogP contribution in [0.3, 0.4) is 0 Å². The topological polar surface area (TPSA) is 110 Å². The van der Waals surface area contributed by atoms with E-state index in [1.54, 1.807) is 6.07 Å². The van der Waals surface area contributed by atoms with Gasteiger partial charge in [0.1, 0.15) is 10.5 Å². The summed E-state index contributed by atoms with van der Waals surface area (Å²) in [4.78, 5) is 38.8. The number of nitrogens with zero attached hydrogens (tertiary/aromatic N) is 1. The van der Waals surface area contributed by atoms with Crippen LogP contribution >= 0.6 is 46.4 Å². The molecule has 4 amide bonds. The van der Waals surface area contributed by atoms with Crippen molar-refractivity contribution >= 4 is 86.1 Å². The highest BCUT2D eigenvalue weighted by Crippen LogP contribution is 2.37. The molecule has 1 fully saturated rings. The molecular weight excluding hydrogens is 574 g/mol. The Morgan fingerprint density at radius 2 is 1.53 bits per heavy atom. The molecule has 1 heterocycles. The minimum atomic E-state index is -4.34. The van der Waals surface area contributed by atoms with Gasteiger partial charge in [0.05, 0.1) is 20.8 Å². The van der Waals surface area contributed by atoms with E-state index in [4.69, 9.17) is 50.6 Å². The quantitative estimate of drug-likeness (QED) is 0.232. The van der Waals surface area contributed by atoms with E-state index in [1.807, 2.05) is 5.32 Å². The maximum Gasteiger partial charge on any atom is 0.339 e. The van der Waals surface area contributed by atoms with Crippen molar-refractivity contribution in [3.63, 3.8) is 0 Å². The Balaban J connectivity index is 1.80. The minimum absolute atomic E-state index is 0.0394. The van der Waals surface area contributed by atoms with E-state index in [2.05, 4.69) is 0 Å². The highest BCUT2D eigenvalue weighted by molar-refractivity contribution is 7.87. The number of hydrogen-bond acceptors (Lipinski definition) is 6. The lowest BCUT2D eigenvalue weighted by atomic mass is 10.1. The summed E-state index contributed by atoms with van der Waals surface area (Å²) >= 11 is 24.2. The largest absolute Gasteiger partial charge is 0.377 e. The van der Waals surface area contributed by atoms with Gasteiger partial charge in [-0.05, 0) is 48.5 Å². The molecule has 3 aromatic rings. The van der Waals surface area contributed by atoms with Gasteiger partial charge in [-0.3, -0.25) is 14.9 Å². The van der Waals surface area contributed by atoms with E-state index in [0.717, 1.165) is 6.08 Å². The van der Waals surface area contributed by atoms with Crippen molar-refractivity contribution in [1.82, 2.24) is 5.32 Å². The lowest BCUT2D eigenvalue weighted by molar-refractivity contribution is -0.122. The van der Waals surface area contributed by atoms with Crippen LogP contribution < -0.4 is 14.4 Å². The Kier molecular flexibility index (Phi) is 7.31. The van der Waals surface area contributed by atoms with Crippen LogP contribution in [0.2, 0.25) is 20.1 Å². The first-order valence-electron chi connectivity index (χ1n) is 9.83. The normalized spacial score (nSPS) is 15.3. The van der Waals surface area contributed by atoms with Crippen molar-refractivity contribution in [3.05, 3.63) is 91.9 Å². The van der Waals surface area contributed by atoms with E-state index >= 15 is 0 Å². The monoisotopic (exact) mass is 584 g/mol. The molecule has 13 heteroatoms. The number of amides is 4. The third-order valence-electron chi connectivity index (χ3n) is 4.82. The minimum Gasteiger partial charge on any atom is -0.377 e. The Morgan fingerprint density at radius 1 is 0.833 bits per heavy atom. The van der Waals surface area contributed by atoms with Crippen molar-refractivity contribution < 1.29 is 27.0 Å². The number of anilines is 1. The van der Waals surface area contributed by atoms with Crippen molar-refractivity contribution in [2.45, 2.75) is 4.90 Å². The number of halogens is 4. The van der Waals surface area contributed by atoms with Gasteiger partial charge in [-0.15, -0.1) is 0 Å². The molecule has 1 N–H and O–H groups in total. The van der Waals surface area contributed by atoms with Crippen LogP contribution in [0.15, 0.2) is 71.1 Å². The zero-order chi connectivity index (χ0) is 26.2. The maximum atomic E-state index is 13.2. The van der Waals surface area contributed by atoms with Gasteiger partial charge in [-0.25, -0.2) is 9.69 Å². The van der Waals surface area contributed by atoms with Gasteiger partial charge < -0.3 is 4.18 Å². The Morgan fingerprint density at radius 3 is 2.19 bits per heavy atom. The number of barbiturate groups is 1. The molecule has 0 radical (unpaired) electrons. The van der Waals surface area contributed by atoms with Gasteiger partial charge in [0.15, 0.2) is 5.75 Å². The summed E-state index contributed by atoms with van der Waals surface area (Å²) in [6.45, 7) is 0. The maximum absolute atomic E-state index is 13.2. The number of rotatable bonds is 5. The molecule has 0 saturated carbocycles. The number of hydrogen-bond donors (Lipinski definition) is 1. The second-order valence-corrected chi connectivity index (χ2v) is 10.4. The number of nitrogens with one attached hydrogen (secondary N) is 1. The lowest BCUT2D eigenvalue weighted by Gasteiger charge is -2.26. The molecule has 1 aliphatic rings. The van der Waals surface area contributed by atoms with Gasteiger partial charge >= 0.3 is 16.1 Å². The molecule has 184 valence electrons. The molecule has 0 unspecified atom stereocenters. The fourth-order valence-electron chi connectivity index (χ4n) is 3.19. The van der Waals surface area contributed by atoms with E-state index in [0.29, 0.717) is 4.90 Å². The van der Waals surface area contributed by atoms with Gasteiger partial charge in [-0.1, -0.05) is 64.6 Å². The molecule has 0 aliphatic carbocycles. The lowest BCUT2D eigenvalue weighted by Crippen LogP contribution is -2.54.